The van der Waals surface area contributed by atoms with Crippen molar-refractivity contribution in [2.24, 2.45) is 0 Å². The van der Waals surface area contributed by atoms with Gasteiger partial charge in [-0.2, -0.15) is 0 Å². The number of piperazine rings is 1. The van der Waals surface area contributed by atoms with Crippen LogP contribution in [0, 0.1) is 5.82 Å². The number of urea groups is 1. The lowest BCUT2D eigenvalue weighted by Crippen LogP contribution is -2.50. The second-order valence-electron chi connectivity index (χ2n) is 5.07. The summed E-state index contributed by atoms with van der Waals surface area (Å²) in [5, 5.41) is 2.79. The minimum atomic E-state index is -0.449. The molecule has 3 rings (SSSR count). The van der Waals surface area contributed by atoms with Crippen molar-refractivity contribution in [1.29, 1.82) is 0 Å². The molecular weight excluding hydrogens is 321 g/mol. The van der Waals surface area contributed by atoms with E-state index in [9.17, 15) is 9.18 Å². The Hall–Kier alpha value is -2.41. The summed E-state index contributed by atoms with van der Waals surface area (Å²) in [7, 11) is 0. The Kier molecular flexibility index (Phi) is 4.57. The van der Waals surface area contributed by atoms with Gasteiger partial charge in [0.25, 0.3) is 0 Å². The zero-order valence-corrected chi connectivity index (χ0v) is 13.0. The van der Waals surface area contributed by atoms with E-state index in [0.29, 0.717) is 26.2 Å². The minimum Gasteiger partial charge on any atom is -0.353 e. The van der Waals surface area contributed by atoms with Crippen LogP contribution < -0.4 is 10.2 Å². The van der Waals surface area contributed by atoms with Crippen molar-refractivity contribution in [1.82, 2.24) is 14.9 Å². The van der Waals surface area contributed by atoms with Crippen LogP contribution in [-0.4, -0.2) is 47.1 Å². The summed E-state index contributed by atoms with van der Waals surface area (Å²) in [6, 6.07) is 7.57. The summed E-state index contributed by atoms with van der Waals surface area (Å²) >= 11 is 5.79. The number of hydrogen-bond acceptors (Lipinski definition) is 4. The first-order valence-electron chi connectivity index (χ1n) is 7.17. The van der Waals surface area contributed by atoms with Crippen LogP contribution in [0.5, 0.6) is 0 Å². The third-order valence-corrected chi connectivity index (χ3v) is 3.80. The summed E-state index contributed by atoms with van der Waals surface area (Å²) in [6.07, 6.45) is 1.60. The van der Waals surface area contributed by atoms with Crippen molar-refractivity contribution in [3.8, 4) is 0 Å². The number of carbonyl (C=O) groups excluding carboxylic acids is 1. The number of anilines is 2. The second-order valence-corrected chi connectivity index (χ2v) is 5.41. The Balaban J connectivity index is 1.58. The number of hydrogen-bond donors (Lipinski definition) is 1. The fourth-order valence-electron chi connectivity index (χ4n) is 2.40. The standard InChI is InChI=1S/C15H15ClFN5O/c16-14-18-6-5-13(20-14)21-7-9-22(10-8-21)15(23)19-12-4-2-1-3-11(12)17/h1-6H,7-10H2,(H,19,23). The Labute approximate surface area is 137 Å². The van der Waals surface area contributed by atoms with Gasteiger partial charge in [0.05, 0.1) is 5.69 Å². The molecule has 1 saturated heterocycles. The molecule has 120 valence electrons. The molecule has 2 heterocycles. The molecule has 1 fully saturated rings. The maximum absolute atomic E-state index is 13.6. The zero-order chi connectivity index (χ0) is 16.2. The van der Waals surface area contributed by atoms with Crippen LogP contribution in [0.2, 0.25) is 5.28 Å². The largest absolute Gasteiger partial charge is 0.353 e. The number of halogens is 2. The monoisotopic (exact) mass is 335 g/mol. The molecule has 1 aromatic carbocycles. The number of rotatable bonds is 2. The topological polar surface area (TPSA) is 61.4 Å². The number of nitrogens with zero attached hydrogens (tertiary/aromatic N) is 4. The molecule has 6 nitrogen and oxygen atoms in total. The normalized spacial score (nSPS) is 14.7. The molecule has 0 radical (unpaired) electrons. The van der Waals surface area contributed by atoms with E-state index in [-0.39, 0.29) is 17.0 Å². The molecule has 0 bridgehead atoms. The van der Waals surface area contributed by atoms with Gasteiger partial charge in [-0.05, 0) is 29.8 Å². The van der Waals surface area contributed by atoms with E-state index in [1.807, 2.05) is 4.90 Å². The minimum absolute atomic E-state index is 0.183. The lowest BCUT2D eigenvalue weighted by Gasteiger charge is -2.35. The fraction of sp³-hybridized carbons (Fsp3) is 0.267. The lowest BCUT2D eigenvalue weighted by atomic mass is 10.3. The van der Waals surface area contributed by atoms with Gasteiger partial charge in [0.1, 0.15) is 11.6 Å². The first-order valence-corrected chi connectivity index (χ1v) is 7.55. The average molecular weight is 336 g/mol. The van der Waals surface area contributed by atoms with E-state index in [4.69, 9.17) is 11.6 Å². The molecule has 0 atom stereocenters. The predicted molar refractivity (Wildman–Crippen MR) is 86.2 cm³/mol. The van der Waals surface area contributed by atoms with Gasteiger partial charge in [-0.1, -0.05) is 12.1 Å². The van der Waals surface area contributed by atoms with Crippen molar-refractivity contribution in [3.05, 3.63) is 47.6 Å². The Morgan fingerprint density at radius 1 is 1.17 bits per heavy atom. The van der Waals surface area contributed by atoms with Crippen molar-refractivity contribution in [2.75, 3.05) is 36.4 Å². The molecular formula is C15H15ClFN5O. The Morgan fingerprint density at radius 3 is 2.61 bits per heavy atom. The first kappa shape index (κ1) is 15.5. The molecule has 0 unspecified atom stereocenters. The number of amides is 2. The Bertz CT molecular complexity index is 706. The fourth-order valence-corrected chi connectivity index (χ4v) is 2.54. The number of benzene rings is 1. The summed E-state index contributed by atoms with van der Waals surface area (Å²) in [6.45, 7) is 2.28. The highest BCUT2D eigenvalue weighted by Crippen LogP contribution is 2.17. The van der Waals surface area contributed by atoms with Crippen LogP contribution >= 0.6 is 11.6 Å². The average Bonchev–Trinajstić information content (AvgIpc) is 2.57. The third kappa shape index (κ3) is 3.68. The van der Waals surface area contributed by atoms with Crippen LogP contribution in [0.3, 0.4) is 0 Å². The molecule has 0 spiro atoms. The van der Waals surface area contributed by atoms with E-state index in [1.54, 1.807) is 29.3 Å². The van der Waals surface area contributed by atoms with E-state index in [0.717, 1.165) is 5.82 Å². The smallest absolute Gasteiger partial charge is 0.322 e. The SMILES string of the molecule is O=C(Nc1ccccc1F)N1CCN(c2ccnc(Cl)n2)CC1. The predicted octanol–water partition coefficient (Wildman–Crippen LogP) is 2.62. The summed E-state index contributed by atoms with van der Waals surface area (Å²) in [5.41, 5.74) is 0.183. The van der Waals surface area contributed by atoms with Crippen LogP contribution in [0.4, 0.5) is 20.7 Å². The molecule has 0 saturated carbocycles. The number of nitrogens with one attached hydrogen (secondary N) is 1. The molecule has 1 aliphatic heterocycles. The third-order valence-electron chi connectivity index (χ3n) is 3.62. The van der Waals surface area contributed by atoms with E-state index in [1.165, 1.54) is 12.1 Å². The molecule has 23 heavy (non-hydrogen) atoms. The van der Waals surface area contributed by atoms with Gasteiger partial charge in [0.15, 0.2) is 0 Å². The van der Waals surface area contributed by atoms with Gasteiger partial charge in [-0.15, -0.1) is 0 Å². The number of aromatic nitrogens is 2. The van der Waals surface area contributed by atoms with Gasteiger partial charge in [-0.3, -0.25) is 0 Å². The van der Waals surface area contributed by atoms with Crippen molar-refractivity contribution < 1.29 is 9.18 Å². The van der Waals surface area contributed by atoms with Gasteiger partial charge >= 0.3 is 6.03 Å². The van der Waals surface area contributed by atoms with Gasteiger partial charge in [-0.25, -0.2) is 19.2 Å². The van der Waals surface area contributed by atoms with Gasteiger partial charge < -0.3 is 15.1 Å². The molecule has 1 N–H and O–H groups in total. The van der Waals surface area contributed by atoms with Crippen LogP contribution in [-0.2, 0) is 0 Å². The molecule has 1 aromatic heterocycles. The summed E-state index contributed by atoms with van der Waals surface area (Å²) in [4.78, 5) is 23.9. The maximum atomic E-state index is 13.6. The molecule has 8 heteroatoms. The van der Waals surface area contributed by atoms with Crippen LogP contribution in [0.15, 0.2) is 36.5 Å². The van der Waals surface area contributed by atoms with Crippen LogP contribution in [0.1, 0.15) is 0 Å². The van der Waals surface area contributed by atoms with E-state index >= 15 is 0 Å². The molecule has 1 aliphatic rings. The summed E-state index contributed by atoms with van der Waals surface area (Å²) < 4.78 is 13.6. The first-order chi connectivity index (χ1) is 11.1. The molecule has 2 aromatic rings. The van der Waals surface area contributed by atoms with Gasteiger partial charge in [0, 0.05) is 32.4 Å². The second kappa shape index (κ2) is 6.78. The quantitative estimate of drug-likeness (QED) is 0.857. The molecule has 0 aliphatic carbocycles. The van der Waals surface area contributed by atoms with Crippen LogP contribution in [0.25, 0.3) is 0 Å². The summed E-state index contributed by atoms with van der Waals surface area (Å²) in [5.74, 6) is 0.286. The highest BCUT2D eigenvalue weighted by molar-refractivity contribution is 6.28. The highest BCUT2D eigenvalue weighted by Gasteiger charge is 2.22. The van der Waals surface area contributed by atoms with E-state index < -0.39 is 5.82 Å². The molecule has 2 amide bonds. The zero-order valence-electron chi connectivity index (χ0n) is 12.2. The number of carbonyl (C=O) groups is 1. The lowest BCUT2D eigenvalue weighted by molar-refractivity contribution is 0.208. The van der Waals surface area contributed by atoms with Crippen molar-refractivity contribution >= 4 is 29.1 Å². The van der Waals surface area contributed by atoms with Gasteiger partial charge in [0.2, 0.25) is 5.28 Å². The van der Waals surface area contributed by atoms with Crippen molar-refractivity contribution in [2.45, 2.75) is 0 Å². The Morgan fingerprint density at radius 2 is 1.91 bits per heavy atom. The highest BCUT2D eigenvalue weighted by atomic mass is 35.5. The maximum Gasteiger partial charge on any atom is 0.322 e. The number of para-hydroxylation sites is 1. The van der Waals surface area contributed by atoms with Crippen molar-refractivity contribution in [3.63, 3.8) is 0 Å². The van der Waals surface area contributed by atoms with E-state index in [2.05, 4.69) is 15.3 Å².